The van der Waals surface area contributed by atoms with Gasteiger partial charge in [0.25, 0.3) is 5.91 Å². The lowest BCUT2D eigenvalue weighted by molar-refractivity contribution is -0.114. The first-order chi connectivity index (χ1) is 14.9. The van der Waals surface area contributed by atoms with Crippen LogP contribution in [0.15, 0.2) is 47.7 Å². The van der Waals surface area contributed by atoms with E-state index in [0.29, 0.717) is 5.57 Å². The summed E-state index contributed by atoms with van der Waals surface area (Å²) < 4.78 is 7.41. The first-order valence-corrected chi connectivity index (χ1v) is 10.2. The molecule has 0 saturated carbocycles. The average molecular weight is 417 g/mol. The van der Waals surface area contributed by atoms with Crippen LogP contribution in [0.5, 0.6) is 0 Å². The number of hydrogen-bond donors (Lipinski definition) is 1. The minimum atomic E-state index is -0.720. The summed E-state index contributed by atoms with van der Waals surface area (Å²) in [6, 6.07) is 11.9. The lowest BCUT2D eigenvalue weighted by Crippen LogP contribution is -2.36. The second kappa shape index (κ2) is 9.50. The summed E-state index contributed by atoms with van der Waals surface area (Å²) in [5, 5.41) is 11.2. The number of rotatable bonds is 5. The number of nitrogens with two attached hydrogens (primary N) is 1. The van der Waals surface area contributed by atoms with Crippen molar-refractivity contribution in [2.24, 2.45) is 12.8 Å². The van der Waals surface area contributed by atoms with Crippen molar-refractivity contribution in [3.8, 4) is 17.3 Å². The molecule has 0 spiro atoms. The molecule has 6 heteroatoms. The number of nitrogens with zero attached hydrogens (tertiary/aromatic N) is 3. The third kappa shape index (κ3) is 4.62. The molecule has 6 nitrogen and oxygen atoms in total. The number of carbonyl (C=O) groups excluding carboxylic acids is 1. The molecule has 1 saturated heterocycles. The molecule has 3 rings (SSSR count). The van der Waals surface area contributed by atoms with Crippen LogP contribution >= 0.6 is 0 Å². The fourth-order valence-electron chi connectivity index (χ4n) is 3.87. The van der Waals surface area contributed by atoms with Gasteiger partial charge in [-0.05, 0) is 59.7 Å². The molecule has 0 unspecified atom stereocenters. The molecule has 2 heterocycles. The molecule has 1 amide bonds. The zero-order valence-electron chi connectivity index (χ0n) is 18.3. The summed E-state index contributed by atoms with van der Waals surface area (Å²) in [5.41, 5.74) is 9.78. The summed E-state index contributed by atoms with van der Waals surface area (Å²) in [7, 11) is 1.91. The Kier molecular flexibility index (Phi) is 6.78. The van der Waals surface area contributed by atoms with Gasteiger partial charge in [0.05, 0.1) is 13.2 Å². The Morgan fingerprint density at radius 3 is 2.55 bits per heavy atom. The molecule has 0 radical (unpaired) electrons. The van der Waals surface area contributed by atoms with Gasteiger partial charge in [-0.1, -0.05) is 24.8 Å². The van der Waals surface area contributed by atoms with Gasteiger partial charge in [-0.15, -0.1) is 0 Å². The van der Waals surface area contributed by atoms with Crippen LogP contribution in [-0.2, 0) is 16.6 Å². The molecule has 160 valence electrons. The molecule has 2 N–H and O–H groups in total. The molecular weight excluding hydrogens is 388 g/mol. The second-order valence-corrected chi connectivity index (χ2v) is 7.51. The van der Waals surface area contributed by atoms with Crippen molar-refractivity contribution in [1.82, 2.24) is 9.47 Å². The zero-order chi connectivity index (χ0) is 22.5. The van der Waals surface area contributed by atoms with Crippen molar-refractivity contribution < 1.29 is 9.53 Å². The summed E-state index contributed by atoms with van der Waals surface area (Å²) in [6.45, 7) is 11.3. The fraction of sp³-hybridized carbons (Fsp3) is 0.280. The smallest absolute Gasteiger partial charge is 0.259 e. The number of aromatic nitrogens is 1. The molecular formula is C25H28N4O2. The summed E-state index contributed by atoms with van der Waals surface area (Å²) in [6.07, 6.45) is 4.27. The highest BCUT2D eigenvalue weighted by atomic mass is 16.5. The number of nitriles is 1. The van der Waals surface area contributed by atoms with Gasteiger partial charge in [-0.3, -0.25) is 4.79 Å². The number of benzene rings is 1. The van der Waals surface area contributed by atoms with Crippen LogP contribution in [0.2, 0.25) is 0 Å². The maximum Gasteiger partial charge on any atom is 0.259 e. The quantitative estimate of drug-likeness (QED) is 0.596. The van der Waals surface area contributed by atoms with Crippen molar-refractivity contribution in [2.45, 2.75) is 13.8 Å². The van der Waals surface area contributed by atoms with E-state index < -0.39 is 5.91 Å². The number of amides is 1. The molecule has 1 aliphatic heterocycles. The van der Waals surface area contributed by atoms with E-state index in [9.17, 15) is 10.1 Å². The third-order valence-corrected chi connectivity index (χ3v) is 5.65. The van der Waals surface area contributed by atoms with Gasteiger partial charge in [0.1, 0.15) is 11.6 Å². The monoisotopic (exact) mass is 416 g/mol. The van der Waals surface area contributed by atoms with E-state index in [1.165, 1.54) is 5.70 Å². The Morgan fingerprint density at radius 2 is 1.97 bits per heavy atom. The van der Waals surface area contributed by atoms with Crippen molar-refractivity contribution in [3.63, 3.8) is 0 Å². The SMILES string of the molecule is C=c1cc(-c2ccc(/C(C)=C(\C#N)C(N)=O)n2C)cc/c1=C/C(=CC)N1CCOCC1. The number of hydrogen-bond acceptors (Lipinski definition) is 4. The average Bonchev–Trinajstić information content (AvgIpc) is 3.15. The van der Waals surface area contributed by atoms with E-state index in [1.807, 2.05) is 36.7 Å². The number of carbonyl (C=O) groups is 1. The van der Waals surface area contributed by atoms with E-state index >= 15 is 0 Å². The van der Waals surface area contributed by atoms with Crippen LogP contribution in [0.1, 0.15) is 19.5 Å². The fourth-order valence-corrected chi connectivity index (χ4v) is 3.87. The highest BCUT2D eigenvalue weighted by molar-refractivity contribution is 6.03. The summed E-state index contributed by atoms with van der Waals surface area (Å²) >= 11 is 0. The topological polar surface area (TPSA) is 84.3 Å². The van der Waals surface area contributed by atoms with E-state index in [-0.39, 0.29) is 5.57 Å². The first-order valence-electron chi connectivity index (χ1n) is 10.2. The number of morpholine rings is 1. The van der Waals surface area contributed by atoms with E-state index in [4.69, 9.17) is 10.5 Å². The van der Waals surface area contributed by atoms with E-state index in [0.717, 1.165) is 53.7 Å². The molecule has 0 bridgehead atoms. The molecule has 0 aliphatic carbocycles. The first kappa shape index (κ1) is 22.1. The normalized spacial score (nSPS) is 16.1. The number of allylic oxidation sites excluding steroid dienone is 3. The van der Waals surface area contributed by atoms with Crippen LogP contribution in [-0.4, -0.2) is 41.7 Å². The van der Waals surface area contributed by atoms with Gasteiger partial charge in [0.2, 0.25) is 0 Å². The Hall–Kier alpha value is -3.56. The van der Waals surface area contributed by atoms with Gasteiger partial charge >= 0.3 is 0 Å². The molecule has 1 aliphatic rings. The third-order valence-electron chi connectivity index (χ3n) is 5.65. The molecule has 31 heavy (non-hydrogen) atoms. The van der Waals surface area contributed by atoms with Gasteiger partial charge in [-0.25, -0.2) is 0 Å². The van der Waals surface area contributed by atoms with Crippen molar-refractivity contribution >= 4 is 24.1 Å². The molecule has 2 aromatic rings. The second-order valence-electron chi connectivity index (χ2n) is 7.51. The summed E-state index contributed by atoms with van der Waals surface area (Å²) in [4.78, 5) is 13.9. The lowest BCUT2D eigenvalue weighted by atomic mass is 10.1. The Labute approximate surface area is 182 Å². The van der Waals surface area contributed by atoms with Crippen LogP contribution in [0.25, 0.3) is 29.5 Å². The van der Waals surface area contributed by atoms with Crippen LogP contribution in [0.4, 0.5) is 0 Å². The van der Waals surface area contributed by atoms with Crippen molar-refractivity contribution in [1.29, 1.82) is 5.26 Å². The largest absolute Gasteiger partial charge is 0.378 e. The maximum absolute atomic E-state index is 11.5. The maximum atomic E-state index is 11.5. The lowest BCUT2D eigenvalue weighted by Gasteiger charge is -2.29. The minimum absolute atomic E-state index is 0.0301. The molecule has 1 aromatic heterocycles. The Balaban J connectivity index is 1.98. The van der Waals surface area contributed by atoms with Gasteiger partial charge in [-0.2, -0.15) is 5.26 Å². The van der Waals surface area contributed by atoms with Crippen molar-refractivity contribution in [3.05, 3.63) is 63.8 Å². The Bertz CT molecular complexity index is 1210. The number of ether oxygens (including phenoxy) is 1. The highest BCUT2D eigenvalue weighted by Gasteiger charge is 2.15. The van der Waals surface area contributed by atoms with E-state index in [2.05, 4.69) is 41.8 Å². The molecule has 1 aromatic carbocycles. The predicted octanol–water partition coefficient (Wildman–Crippen LogP) is 1.90. The van der Waals surface area contributed by atoms with E-state index in [1.54, 1.807) is 6.92 Å². The minimum Gasteiger partial charge on any atom is -0.378 e. The predicted molar refractivity (Wildman–Crippen MR) is 124 cm³/mol. The van der Waals surface area contributed by atoms with Crippen LogP contribution < -0.4 is 16.2 Å². The van der Waals surface area contributed by atoms with Crippen LogP contribution in [0, 0.1) is 11.3 Å². The van der Waals surface area contributed by atoms with Crippen molar-refractivity contribution in [2.75, 3.05) is 26.3 Å². The molecule has 0 atom stereocenters. The van der Waals surface area contributed by atoms with Crippen LogP contribution in [0.3, 0.4) is 0 Å². The number of primary amides is 1. The van der Waals surface area contributed by atoms with Gasteiger partial charge in [0, 0.05) is 37.2 Å². The Morgan fingerprint density at radius 1 is 1.26 bits per heavy atom. The van der Waals surface area contributed by atoms with Gasteiger partial charge in [0.15, 0.2) is 0 Å². The van der Waals surface area contributed by atoms with Gasteiger partial charge < -0.3 is 19.9 Å². The molecule has 1 fully saturated rings. The zero-order valence-corrected chi connectivity index (χ0v) is 18.3. The summed E-state index contributed by atoms with van der Waals surface area (Å²) in [5.74, 6) is -0.720. The highest BCUT2D eigenvalue weighted by Crippen LogP contribution is 2.25. The standard InChI is InChI=1S/C25H28N4O2/c1-5-21(29-10-12-31-13-11-29)15-19-6-7-20(14-17(19)2)24-9-8-23(28(24)4)18(3)22(16-26)25(27)30/h5-9,14-15H,2,10-13H2,1,3-4H3,(H2,27,30)/b19-15-,21-5?,22-18+.